The van der Waals surface area contributed by atoms with Crippen LogP contribution in [0.2, 0.25) is 0 Å². The van der Waals surface area contributed by atoms with Gasteiger partial charge >= 0.3 is 0 Å². The Morgan fingerprint density at radius 3 is 2.47 bits per heavy atom. The largest absolute Gasteiger partial charge is 0.397 e. The van der Waals surface area contributed by atoms with Crippen LogP contribution in [0.1, 0.15) is 34.8 Å². The molecule has 3 aromatic carbocycles. The average Bonchev–Trinajstić information content (AvgIpc) is 2.96. The van der Waals surface area contributed by atoms with Crippen LogP contribution in [-0.4, -0.2) is 30.6 Å². The van der Waals surface area contributed by atoms with Crippen molar-refractivity contribution in [3.05, 3.63) is 108 Å². The lowest BCUT2D eigenvalue weighted by atomic mass is 10.0. The summed E-state index contributed by atoms with van der Waals surface area (Å²) in [5.74, 6) is -0.210. The molecule has 0 spiro atoms. The molecule has 7 nitrogen and oxygen atoms in total. The third-order valence-corrected chi connectivity index (χ3v) is 5.97. The zero-order valence-electron chi connectivity index (χ0n) is 21.4. The minimum atomic E-state index is -0.210. The number of para-hydroxylation sites is 3. The smallest absolute Gasteiger partial charge is 0.262 e. The van der Waals surface area contributed by atoms with Gasteiger partial charge in [0.15, 0.2) is 0 Å². The van der Waals surface area contributed by atoms with E-state index in [1.54, 1.807) is 29.3 Å². The van der Waals surface area contributed by atoms with Crippen LogP contribution in [-0.2, 0) is 11.3 Å². The predicted molar refractivity (Wildman–Crippen MR) is 151 cm³/mol. The van der Waals surface area contributed by atoms with E-state index in [1.165, 1.54) is 0 Å². The van der Waals surface area contributed by atoms with E-state index in [-0.39, 0.29) is 5.91 Å². The summed E-state index contributed by atoms with van der Waals surface area (Å²) in [5.41, 5.74) is 11.3. The van der Waals surface area contributed by atoms with Crippen molar-refractivity contribution in [2.45, 2.75) is 19.9 Å². The maximum absolute atomic E-state index is 13.7. The molecule has 0 aliphatic carbocycles. The van der Waals surface area contributed by atoms with Crippen molar-refractivity contribution in [1.29, 1.82) is 5.26 Å². The summed E-state index contributed by atoms with van der Waals surface area (Å²) in [6.07, 6.45) is 2.77. The number of nitrogens with zero attached hydrogens (tertiary/aromatic N) is 3. The van der Waals surface area contributed by atoms with Gasteiger partial charge in [-0.1, -0.05) is 49.4 Å². The van der Waals surface area contributed by atoms with Crippen LogP contribution >= 0.6 is 0 Å². The van der Waals surface area contributed by atoms with Crippen molar-refractivity contribution >= 4 is 23.0 Å². The molecule has 0 radical (unpaired) electrons. The first-order valence-electron chi connectivity index (χ1n) is 12.6. The summed E-state index contributed by atoms with van der Waals surface area (Å²) in [5, 5.41) is 13.1. The normalized spacial score (nSPS) is 10.6. The van der Waals surface area contributed by atoms with Gasteiger partial charge in [-0.25, -0.2) is 0 Å². The lowest BCUT2D eigenvalue weighted by Gasteiger charge is -2.24. The number of rotatable bonds is 11. The topological polar surface area (TPSA) is 104 Å². The summed E-state index contributed by atoms with van der Waals surface area (Å²) in [6, 6.07) is 27.9. The van der Waals surface area contributed by atoms with E-state index in [4.69, 9.17) is 10.5 Å². The lowest BCUT2D eigenvalue weighted by molar-refractivity contribution is 0.0999. The van der Waals surface area contributed by atoms with E-state index in [0.717, 1.165) is 30.7 Å². The van der Waals surface area contributed by atoms with Gasteiger partial charge in [-0.15, -0.1) is 0 Å². The number of aromatic nitrogens is 1. The van der Waals surface area contributed by atoms with Gasteiger partial charge in [-0.3, -0.25) is 14.7 Å². The molecule has 4 aromatic rings. The molecule has 0 aliphatic heterocycles. The van der Waals surface area contributed by atoms with Crippen molar-refractivity contribution in [3.63, 3.8) is 0 Å². The Kier molecular flexibility index (Phi) is 9.19. The minimum absolute atomic E-state index is 0.210. The number of anilines is 3. The number of nitriles is 1. The standard InChI is InChI=1S/C31H31N5O2/c1-2-17-38-18-16-34-21-23-19-26(20-32)30(35-22-23)24-12-14-25(15-13-24)31(37)36(27-8-4-3-5-9-27)29-11-7-6-10-28(29)33/h3-15,19,22,34H,2,16-18,21,33H2,1H3. The number of nitrogens with two attached hydrogens (primary N) is 1. The third kappa shape index (κ3) is 6.43. The number of carbonyl (C=O) groups excluding carboxylic acids is 1. The quantitative estimate of drug-likeness (QED) is 0.200. The molecule has 4 rings (SSSR count). The minimum Gasteiger partial charge on any atom is -0.397 e. The second kappa shape index (κ2) is 13.2. The monoisotopic (exact) mass is 505 g/mol. The van der Waals surface area contributed by atoms with Crippen LogP contribution in [0, 0.1) is 11.3 Å². The van der Waals surface area contributed by atoms with Gasteiger partial charge < -0.3 is 15.8 Å². The number of hydrogen-bond acceptors (Lipinski definition) is 6. The number of nitrogen functional groups attached to an aromatic ring is 1. The number of nitrogens with one attached hydrogen (secondary N) is 1. The fourth-order valence-electron chi connectivity index (χ4n) is 4.08. The highest BCUT2D eigenvalue weighted by molar-refractivity contribution is 6.12. The zero-order chi connectivity index (χ0) is 26.7. The molecule has 3 N–H and O–H groups in total. The molecule has 1 aromatic heterocycles. The molecular formula is C31H31N5O2. The van der Waals surface area contributed by atoms with Gasteiger partial charge in [0.25, 0.3) is 5.91 Å². The summed E-state index contributed by atoms with van der Waals surface area (Å²) in [4.78, 5) is 19.9. The van der Waals surface area contributed by atoms with Crippen molar-refractivity contribution in [1.82, 2.24) is 10.3 Å². The number of amides is 1. The molecule has 1 heterocycles. The molecule has 0 unspecified atom stereocenters. The SMILES string of the molecule is CCCOCCNCc1cnc(-c2ccc(C(=O)N(c3ccccc3)c3ccccc3N)cc2)c(C#N)c1. The molecule has 38 heavy (non-hydrogen) atoms. The van der Waals surface area contributed by atoms with Crippen LogP contribution < -0.4 is 16.0 Å². The Bertz CT molecular complexity index is 1400. The maximum Gasteiger partial charge on any atom is 0.262 e. The first-order valence-corrected chi connectivity index (χ1v) is 12.6. The van der Waals surface area contributed by atoms with Gasteiger partial charge in [0.05, 0.1) is 29.2 Å². The van der Waals surface area contributed by atoms with E-state index in [9.17, 15) is 10.1 Å². The second-order valence-electron chi connectivity index (χ2n) is 8.75. The number of benzene rings is 3. The van der Waals surface area contributed by atoms with E-state index < -0.39 is 0 Å². The molecular weight excluding hydrogens is 474 g/mol. The second-order valence-corrected chi connectivity index (χ2v) is 8.75. The Morgan fingerprint density at radius 1 is 1.03 bits per heavy atom. The van der Waals surface area contributed by atoms with E-state index in [2.05, 4.69) is 23.3 Å². The molecule has 192 valence electrons. The zero-order valence-corrected chi connectivity index (χ0v) is 21.4. The first kappa shape index (κ1) is 26.6. The van der Waals surface area contributed by atoms with E-state index in [0.29, 0.717) is 47.0 Å². The Balaban J connectivity index is 1.53. The van der Waals surface area contributed by atoms with E-state index in [1.807, 2.05) is 66.7 Å². The fourth-order valence-corrected chi connectivity index (χ4v) is 4.08. The Labute approximate surface area is 223 Å². The highest BCUT2D eigenvalue weighted by atomic mass is 16.5. The first-order chi connectivity index (χ1) is 18.6. The maximum atomic E-state index is 13.7. The summed E-state index contributed by atoms with van der Waals surface area (Å²) in [7, 11) is 0. The molecule has 0 saturated carbocycles. The predicted octanol–water partition coefficient (Wildman–Crippen LogP) is 5.70. The van der Waals surface area contributed by atoms with Crippen molar-refractivity contribution < 1.29 is 9.53 Å². The molecule has 0 atom stereocenters. The molecule has 0 fully saturated rings. The molecule has 1 amide bonds. The third-order valence-electron chi connectivity index (χ3n) is 5.97. The van der Waals surface area contributed by atoms with Gasteiger partial charge in [0.1, 0.15) is 6.07 Å². The molecule has 0 aliphatic rings. The van der Waals surface area contributed by atoms with Crippen LogP contribution in [0.4, 0.5) is 17.1 Å². The average molecular weight is 506 g/mol. The van der Waals surface area contributed by atoms with Crippen LogP contribution in [0.15, 0.2) is 91.1 Å². The number of hydrogen-bond donors (Lipinski definition) is 2. The molecule has 7 heteroatoms. The fraction of sp³-hybridized carbons (Fsp3) is 0.194. The summed E-state index contributed by atoms with van der Waals surface area (Å²) >= 11 is 0. The Morgan fingerprint density at radius 2 is 1.76 bits per heavy atom. The summed E-state index contributed by atoms with van der Waals surface area (Å²) in [6.45, 7) is 4.81. The van der Waals surface area contributed by atoms with Gasteiger partial charge in [0, 0.05) is 42.7 Å². The summed E-state index contributed by atoms with van der Waals surface area (Å²) < 4.78 is 5.48. The lowest BCUT2D eigenvalue weighted by Crippen LogP contribution is -2.26. The number of pyridine rings is 1. The molecule has 0 bridgehead atoms. The van der Waals surface area contributed by atoms with Gasteiger partial charge in [-0.2, -0.15) is 5.26 Å². The van der Waals surface area contributed by atoms with Crippen LogP contribution in [0.5, 0.6) is 0 Å². The van der Waals surface area contributed by atoms with Crippen molar-refractivity contribution in [2.75, 3.05) is 30.4 Å². The van der Waals surface area contributed by atoms with Gasteiger partial charge in [-0.05, 0) is 54.4 Å². The number of carbonyl (C=O) groups is 1. The highest BCUT2D eigenvalue weighted by Crippen LogP contribution is 2.32. The van der Waals surface area contributed by atoms with E-state index >= 15 is 0 Å². The van der Waals surface area contributed by atoms with Gasteiger partial charge in [0.2, 0.25) is 0 Å². The van der Waals surface area contributed by atoms with Crippen LogP contribution in [0.3, 0.4) is 0 Å². The number of ether oxygens (including phenoxy) is 1. The highest BCUT2D eigenvalue weighted by Gasteiger charge is 2.22. The Hall–Kier alpha value is -4.51. The van der Waals surface area contributed by atoms with Crippen molar-refractivity contribution in [2.24, 2.45) is 0 Å². The van der Waals surface area contributed by atoms with Crippen LogP contribution in [0.25, 0.3) is 11.3 Å². The van der Waals surface area contributed by atoms with Crippen molar-refractivity contribution in [3.8, 4) is 17.3 Å². The molecule has 0 saturated heterocycles.